The normalized spacial score (nSPS) is 47.5. The molecule has 5 saturated carbocycles. The predicted octanol–water partition coefficient (Wildman–Crippen LogP) is 2.46. The van der Waals surface area contributed by atoms with Crippen LogP contribution in [0.3, 0.4) is 0 Å². The van der Waals surface area contributed by atoms with Gasteiger partial charge in [0.2, 0.25) is 5.75 Å². The average molecular weight is 1090 g/mol. The number of aliphatic hydroxyl groups excluding tert-OH is 8. The lowest BCUT2D eigenvalue weighted by Gasteiger charge is -2.69. The van der Waals surface area contributed by atoms with Gasteiger partial charge in [-0.3, -0.25) is 4.79 Å². The van der Waals surface area contributed by atoms with Crippen LogP contribution in [0.25, 0.3) is 0 Å². The summed E-state index contributed by atoms with van der Waals surface area (Å²) in [6.07, 6.45) is -12.4. The fraction of sp³-hybridized carbons (Fsp3) is 0.821. The molecule has 0 bridgehead atoms. The molecule has 23 unspecified atom stereocenters. The first-order valence-electron chi connectivity index (χ1n) is 27.5. The standard InChI is InChI=1S/C56H82O21/c1-51(2)20-28-27-10-11-35-53(5)14-13-36(76-49-45(41(62)39(60)32(22-57)73-49)77-48-43(64)40(61)33(24-72-48)74-47-42(63)38(59)29(58)23-71-47)52(3,4)34(53)12-15-54(35,6)56(27)19-26(56)18-55(28,50(66)67)21-37(51)75-46(65)25-16-30(68-7)44(70-9)31(17-25)69-8/h10,16-17,26,28-29,32-43,45,47-49,57-64H,11-15,18-24H2,1-9H3,(H,66,67). The van der Waals surface area contributed by atoms with Crippen LogP contribution in [0.2, 0.25) is 0 Å². The number of rotatable bonds is 13. The SMILES string of the molecule is COc1cc(C(=O)OC2CC3(C(=O)O)CC4CC45C(=CCC4C6(C)CCC(OC7OC(CO)C(O)C(O)C7OC7OCC(OC8OCC(O)C(O)C8O)C(O)C7O)C(C)(C)C6CCC45C)C3CC2(C)C)cc(OC)c1OC. The lowest BCUT2D eigenvalue weighted by molar-refractivity contribution is -0.377. The molecule has 3 saturated heterocycles. The van der Waals surface area contributed by atoms with Crippen molar-refractivity contribution in [3.8, 4) is 17.2 Å². The maximum atomic E-state index is 14.0. The van der Waals surface area contributed by atoms with Gasteiger partial charge in [0.1, 0.15) is 67.1 Å². The number of carbonyl (C=O) groups is 2. The van der Waals surface area contributed by atoms with Crippen LogP contribution < -0.4 is 14.2 Å². The van der Waals surface area contributed by atoms with Crippen molar-refractivity contribution < 1.29 is 103 Å². The molecule has 23 atom stereocenters. The van der Waals surface area contributed by atoms with Crippen LogP contribution in [0.5, 0.6) is 17.2 Å². The molecule has 432 valence electrons. The number of fused-ring (bicyclic) bond motifs is 5. The van der Waals surface area contributed by atoms with Crippen molar-refractivity contribution in [1.82, 2.24) is 0 Å². The maximum Gasteiger partial charge on any atom is 0.338 e. The number of ether oxygens (including phenoxy) is 10. The molecule has 3 heterocycles. The molecule has 21 nitrogen and oxygen atoms in total. The second-order valence-electron chi connectivity index (χ2n) is 25.7. The van der Waals surface area contributed by atoms with Gasteiger partial charge in [-0.15, -0.1) is 0 Å². The first kappa shape index (κ1) is 57.0. The van der Waals surface area contributed by atoms with E-state index in [4.69, 9.17) is 47.4 Å². The summed E-state index contributed by atoms with van der Waals surface area (Å²) >= 11 is 0. The summed E-state index contributed by atoms with van der Waals surface area (Å²) in [7, 11) is 4.42. The van der Waals surface area contributed by atoms with E-state index in [0.29, 0.717) is 36.5 Å². The molecular weight excluding hydrogens is 1010 g/mol. The van der Waals surface area contributed by atoms with E-state index in [1.54, 1.807) is 12.1 Å². The predicted molar refractivity (Wildman–Crippen MR) is 267 cm³/mol. The third kappa shape index (κ3) is 8.86. The Hall–Kier alpha value is -3.26. The van der Waals surface area contributed by atoms with Gasteiger partial charge in [-0.05, 0) is 103 Å². The minimum atomic E-state index is -1.79. The van der Waals surface area contributed by atoms with Crippen LogP contribution in [-0.2, 0) is 38.0 Å². The highest BCUT2D eigenvalue weighted by Gasteiger charge is 2.79. The Kier molecular flexibility index (Phi) is 15.0. The number of allylic oxidation sites excluding steroid dienone is 2. The van der Waals surface area contributed by atoms with Gasteiger partial charge < -0.3 is 93.3 Å². The smallest absolute Gasteiger partial charge is 0.338 e. The van der Waals surface area contributed by atoms with E-state index in [9.17, 15) is 55.5 Å². The first-order valence-corrected chi connectivity index (χ1v) is 27.5. The van der Waals surface area contributed by atoms with Gasteiger partial charge in [0, 0.05) is 17.3 Å². The quantitative estimate of drug-likeness (QED) is 0.0778. The molecule has 10 rings (SSSR count). The fourth-order valence-corrected chi connectivity index (χ4v) is 17.0. The van der Waals surface area contributed by atoms with Crippen molar-refractivity contribution in [3.05, 3.63) is 29.3 Å². The van der Waals surface area contributed by atoms with Crippen molar-refractivity contribution in [2.75, 3.05) is 41.2 Å². The van der Waals surface area contributed by atoms with E-state index in [1.807, 2.05) is 0 Å². The van der Waals surface area contributed by atoms with Crippen LogP contribution in [0.1, 0.15) is 110 Å². The lowest BCUT2D eigenvalue weighted by Crippen LogP contribution is -2.66. The molecule has 1 aromatic rings. The Morgan fingerprint density at radius 3 is 2.00 bits per heavy atom. The second-order valence-corrected chi connectivity index (χ2v) is 25.7. The molecule has 0 aromatic heterocycles. The summed E-state index contributed by atoms with van der Waals surface area (Å²) < 4.78 is 58.8. The van der Waals surface area contributed by atoms with Gasteiger partial charge in [-0.1, -0.05) is 53.2 Å². The topological polar surface area (TPSA) is 309 Å². The first-order chi connectivity index (χ1) is 36.3. The molecule has 0 amide bonds. The average Bonchev–Trinajstić information content (AvgIpc) is 4.28. The molecular formula is C56H82O21. The Bertz CT molecular complexity index is 2390. The third-order valence-electron chi connectivity index (χ3n) is 21.2. The Morgan fingerprint density at radius 1 is 0.688 bits per heavy atom. The highest BCUT2D eigenvalue weighted by atomic mass is 16.8. The number of carboxylic acids is 1. The molecule has 9 aliphatic rings. The van der Waals surface area contributed by atoms with E-state index in [0.717, 1.165) is 32.1 Å². The van der Waals surface area contributed by atoms with Crippen molar-refractivity contribution in [2.24, 2.45) is 56.2 Å². The number of aliphatic hydroxyl groups is 8. The minimum Gasteiger partial charge on any atom is -0.493 e. The van der Waals surface area contributed by atoms with Gasteiger partial charge in [0.05, 0.1) is 58.2 Å². The number of hydrogen-bond donors (Lipinski definition) is 9. The maximum absolute atomic E-state index is 14.0. The molecule has 8 fully saturated rings. The van der Waals surface area contributed by atoms with Crippen molar-refractivity contribution >= 4 is 11.9 Å². The van der Waals surface area contributed by atoms with E-state index < -0.39 is 134 Å². The van der Waals surface area contributed by atoms with Gasteiger partial charge in [-0.2, -0.15) is 0 Å². The molecule has 1 spiro atoms. The summed E-state index contributed by atoms with van der Waals surface area (Å²) in [4.78, 5) is 27.9. The van der Waals surface area contributed by atoms with Gasteiger partial charge in [0.15, 0.2) is 30.4 Å². The van der Waals surface area contributed by atoms with Crippen LogP contribution >= 0.6 is 0 Å². The largest absolute Gasteiger partial charge is 0.493 e. The number of carboxylic acid groups (broad SMARTS) is 1. The van der Waals surface area contributed by atoms with Crippen molar-refractivity contribution in [2.45, 2.75) is 191 Å². The molecule has 1 aromatic carbocycles. The zero-order valence-electron chi connectivity index (χ0n) is 45.6. The van der Waals surface area contributed by atoms with E-state index in [2.05, 4.69) is 47.6 Å². The van der Waals surface area contributed by atoms with Crippen molar-refractivity contribution in [1.29, 1.82) is 0 Å². The molecule has 0 radical (unpaired) electrons. The van der Waals surface area contributed by atoms with Gasteiger partial charge in [-0.25, -0.2) is 4.79 Å². The minimum absolute atomic E-state index is 0.135. The summed E-state index contributed by atoms with van der Waals surface area (Å²) in [5.41, 5.74) is -1.18. The van der Waals surface area contributed by atoms with Crippen LogP contribution in [0.15, 0.2) is 23.8 Å². The van der Waals surface area contributed by atoms with E-state index >= 15 is 0 Å². The Morgan fingerprint density at radius 2 is 1.35 bits per heavy atom. The number of carbonyl (C=O) groups excluding carboxylic acids is 1. The summed E-state index contributed by atoms with van der Waals surface area (Å²) in [5.74, 6) is -0.201. The van der Waals surface area contributed by atoms with Crippen LogP contribution in [0.4, 0.5) is 0 Å². The van der Waals surface area contributed by atoms with Crippen molar-refractivity contribution in [3.63, 3.8) is 0 Å². The summed E-state index contributed by atoms with van der Waals surface area (Å²) in [6, 6.07) is 3.09. The molecule has 77 heavy (non-hydrogen) atoms. The zero-order chi connectivity index (χ0) is 55.7. The summed E-state index contributed by atoms with van der Waals surface area (Å²) in [5, 5.41) is 97.1. The van der Waals surface area contributed by atoms with Crippen LogP contribution in [-0.4, -0.2) is 191 Å². The zero-order valence-corrected chi connectivity index (χ0v) is 45.6. The molecule has 21 heteroatoms. The fourth-order valence-electron chi connectivity index (χ4n) is 17.0. The number of esters is 1. The van der Waals surface area contributed by atoms with E-state index in [-0.39, 0.29) is 58.5 Å². The second kappa shape index (κ2) is 20.3. The highest BCUT2D eigenvalue weighted by Crippen LogP contribution is 2.85. The molecule has 9 N–H and O–H groups in total. The third-order valence-corrected chi connectivity index (χ3v) is 21.2. The number of methoxy groups -OCH3 is 3. The monoisotopic (exact) mass is 1090 g/mol. The van der Waals surface area contributed by atoms with E-state index in [1.165, 1.54) is 26.9 Å². The molecule has 6 aliphatic carbocycles. The van der Waals surface area contributed by atoms with Gasteiger partial charge >= 0.3 is 11.9 Å². The van der Waals surface area contributed by atoms with Crippen LogP contribution in [0, 0.1) is 56.2 Å². The molecule has 3 aliphatic heterocycles. The summed E-state index contributed by atoms with van der Waals surface area (Å²) in [6.45, 7) is 12.0. The highest BCUT2D eigenvalue weighted by molar-refractivity contribution is 5.91. The van der Waals surface area contributed by atoms with Gasteiger partial charge in [0.25, 0.3) is 0 Å². The Labute approximate surface area is 449 Å². The Balaban J connectivity index is 0.854. The number of benzene rings is 1. The number of aliphatic carboxylic acids is 1. The lowest BCUT2D eigenvalue weighted by atomic mass is 9.36. The number of hydrogen-bond acceptors (Lipinski definition) is 20.